The molecule has 0 saturated carbocycles. The van der Waals surface area contributed by atoms with Gasteiger partial charge in [0, 0.05) is 18.4 Å². The van der Waals surface area contributed by atoms with E-state index in [1.807, 2.05) is 24.3 Å². The van der Waals surface area contributed by atoms with Gasteiger partial charge in [-0.2, -0.15) is 0 Å². The van der Waals surface area contributed by atoms with E-state index >= 15 is 0 Å². The average Bonchev–Trinajstić information content (AvgIpc) is 1.93. The highest BCUT2D eigenvalue weighted by Crippen LogP contribution is 2.14. The van der Waals surface area contributed by atoms with Crippen molar-refractivity contribution in [1.82, 2.24) is 0 Å². The quantitative estimate of drug-likeness (QED) is 0.640. The molecule has 2 N–H and O–H groups in total. The molecule has 0 spiro atoms. The lowest BCUT2D eigenvalue weighted by molar-refractivity contribution is -0.117. The van der Waals surface area contributed by atoms with Crippen LogP contribution < -0.4 is 5.73 Å². The van der Waals surface area contributed by atoms with Crippen molar-refractivity contribution >= 4 is 5.78 Å². The molecule has 0 radical (unpaired) electrons. The molecule has 0 bridgehead atoms. The van der Waals surface area contributed by atoms with E-state index in [1.165, 1.54) is 0 Å². The average molecular weight is 151 g/mol. The Kier molecular flexibility index (Phi) is 2.60. The Balaban J connectivity index is 2.52. The molecule has 0 aromatic heterocycles. The van der Waals surface area contributed by atoms with Gasteiger partial charge in [0.25, 0.3) is 0 Å². The Morgan fingerprint density at radius 2 is 2.09 bits per heavy atom. The fourth-order valence-corrected chi connectivity index (χ4v) is 1.21. The van der Waals surface area contributed by atoms with Crippen molar-refractivity contribution in [1.29, 1.82) is 0 Å². The van der Waals surface area contributed by atoms with Gasteiger partial charge in [-0.1, -0.05) is 24.3 Å². The topological polar surface area (TPSA) is 43.1 Å². The summed E-state index contributed by atoms with van der Waals surface area (Å²) in [5.74, 6) is 0.405. The first kappa shape index (κ1) is 8.21. The Morgan fingerprint density at radius 1 is 1.45 bits per heavy atom. The highest BCUT2D eigenvalue weighted by Gasteiger charge is 2.15. The van der Waals surface area contributed by atoms with Crippen LogP contribution in [0, 0.1) is 5.92 Å². The minimum atomic E-state index is 0.0175. The third-order valence-corrected chi connectivity index (χ3v) is 1.82. The second-order valence-corrected chi connectivity index (χ2v) is 2.92. The second-order valence-electron chi connectivity index (χ2n) is 2.92. The molecule has 2 unspecified atom stereocenters. The lowest BCUT2D eigenvalue weighted by Gasteiger charge is -2.18. The van der Waals surface area contributed by atoms with E-state index in [-0.39, 0.29) is 17.7 Å². The van der Waals surface area contributed by atoms with Gasteiger partial charge in [0.2, 0.25) is 0 Å². The molecule has 0 amide bonds. The molecule has 0 fully saturated rings. The molecule has 2 heteroatoms. The number of carbonyl (C=O) groups is 1. The van der Waals surface area contributed by atoms with Crippen LogP contribution >= 0.6 is 0 Å². The van der Waals surface area contributed by atoms with Gasteiger partial charge in [0.05, 0.1) is 0 Å². The van der Waals surface area contributed by atoms with Gasteiger partial charge in [-0.25, -0.2) is 0 Å². The van der Waals surface area contributed by atoms with Crippen LogP contribution in [-0.2, 0) is 4.79 Å². The van der Waals surface area contributed by atoms with E-state index in [0.29, 0.717) is 6.42 Å². The molecule has 1 aliphatic rings. The zero-order valence-electron chi connectivity index (χ0n) is 6.66. The van der Waals surface area contributed by atoms with Crippen LogP contribution in [0.5, 0.6) is 0 Å². The summed E-state index contributed by atoms with van der Waals surface area (Å²) in [5.41, 5.74) is 5.74. The Bertz CT molecular complexity index is 206. The van der Waals surface area contributed by atoms with Crippen LogP contribution in [0.2, 0.25) is 0 Å². The normalized spacial score (nSPS) is 28.9. The molecule has 0 aliphatic heterocycles. The molecule has 2 atom stereocenters. The summed E-state index contributed by atoms with van der Waals surface area (Å²) < 4.78 is 0. The Morgan fingerprint density at radius 3 is 2.64 bits per heavy atom. The molecule has 1 aliphatic carbocycles. The number of carbonyl (C=O) groups excluding carboxylic acids is 1. The van der Waals surface area contributed by atoms with E-state index in [4.69, 9.17) is 5.73 Å². The van der Waals surface area contributed by atoms with Gasteiger partial charge in [0.15, 0.2) is 0 Å². The number of nitrogens with two attached hydrogens (primary N) is 1. The van der Waals surface area contributed by atoms with E-state index in [1.54, 1.807) is 6.92 Å². The monoisotopic (exact) mass is 151 g/mol. The first-order valence-electron chi connectivity index (χ1n) is 3.80. The molecule has 2 nitrogen and oxygen atoms in total. The maximum Gasteiger partial charge on any atom is 0.130 e. The summed E-state index contributed by atoms with van der Waals surface area (Å²) in [7, 11) is 0. The maximum absolute atomic E-state index is 10.7. The van der Waals surface area contributed by atoms with E-state index in [2.05, 4.69) is 0 Å². The van der Waals surface area contributed by atoms with Gasteiger partial charge in [-0.3, -0.25) is 0 Å². The van der Waals surface area contributed by atoms with Crippen molar-refractivity contribution in [2.45, 2.75) is 19.4 Å². The van der Waals surface area contributed by atoms with Gasteiger partial charge in [-0.15, -0.1) is 0 Å². The highest BCUT2D eigenvalue weighted by molar-refractivity contribution is 5.76. The maximum atomic E-state index is 10.7. The molecule has 0 saturated heterocycles. The molecule has 0 heterocycles. The first-order valence-corrected chi connectivity index (χ1v) is 3.80. The number of Topliss-reactive ketones (excluding diaryl/α,β-unsaturated/α-hetero) is 1. The molecule has 1 rings (SSSR count). The summed E-state index contributed by atoms with van der Waals surface area (Å²) in [6.07, 6.45) is 8.33. The molecular weight excluding hydrogens is 138 g/mol. The predicted octanol–water partition coefficient (Wildman–Crippen LogP) is 1.03. The summed E-state index contributed by atoms with van der Waals surface area (Å²) in [4.78, 5) is 10.7. The summed E-state index contributed by atoms with van der Waals surface area (Å²) in [6, 6.07) is 0.0175. The zero-order valence-corrected chi connectivity index (χ0v) is 6.66. The van der Waals surface area contributed by atoms with E-state index in [0.717, 1.165) is 0 Å². The van der Waals surface area contributed by atoms with Crippen LogP contribution in [0.1, 0.15) is 13.3 Å². The van der Waals surface area contributed by atoms with Gasteiger partial charge in [-0.05, 0) is 6.92 Å². The smallest absolute Gasteiger partial charge is 0.130 e. The van der Waals surface area contributed by atoms with Crippen LogP contribution in [0.4, 0.5) is 0 Å². The van der Waals surface area contributed by atoms with Crippen LogP contribution in [0.25, 0.3) is 0 Å². The fourth-order valence-electron chi connectivity index (χ4n) is 1.21. The summed E-state index contributed by atoms with van der Waals surface area (Å²) in [6.45, 7) is 1.60. The number of hydrogen-bond acceptors (Lipinski definition) is 2. The molecular formula is C9H13NO. The number of hydrogen-bond donors (Lipinski definition) is 1. The SMILES string of the molecule is CC(=O)CC1C=CC=CC1N. The zero-order chi connectivity index (χ0) is 8.27. The van der Waals surface area contributed by atoms with Crippen molar-refractivity contribution in [2.75, 3.05) is 0 Å². The fraction of sp³-hybridized carbons (Fsp3) is 0.444. The second kappa shape index (κ2) is 3.49. The summed E-state index contributed by atoms with van der Waals surface area (Å²) >= 11 is 0. The van der Waals surface area contributed by atoms with Crippen molar-refractivity contribution in [2.24, 2.45) is 11.7 Å². The number of ketones is 1. The van der Waals surface area contributed by atoms with Crippen molar-refractivity contribution in [3.05, 3.63) is 24.3 Å². The first-order chi connectivity index (χ1) is 5.20. The molecule has 0 aromatic carbocycles. The van der Waals surface area contributed by atoms with Gasteiger partial charge in [0.1, 0.15) is 5.78 Å². The van der Waals surface area contributed by atoms with Crippen molar-refractivity contribution in [3.8, 4) is 0 Å². The van der Waals surface area contributed by atoms with Gasteiger partial charge >= 0.3 is 0 Å². The third kappa shape index (κ3) is 2.31. The Labute approximate surface area is 66.8 Å². The highest BCUT2D eigenvalue weighted by atomic mass is 16.1. The Hall–Kier alpha value is -0.890. The van der Waals surface area contributed by atoms with Crippen LogP contribution in [0.15, 0.2) is 24.3 Å². The minimum Gasteiger partial charge on any atom is -0.324 e. The van der Waals surface area contributed by atoms with Crippen molar-refractivity contribution < 1.29 is 4.79 Å². The van der Waals surface area contributed by atoms with Gasteiger partial charge < -0.3 is 10.5 Å². The van der Waals surface area contributed by atoms with Crippen molar-refractivity contribution in [3.63, 3.8) is 0 Å². The van der Waals surface area contributed by atoms with E-state index in [9.17, 15) is 4.79 Å². The van der Waals surface area contributed by atoms with Crippen LogP contribution in [-0.4, -0.2) is 11.8 Å². The summed E-state index contributed by atoms with van der Waals surface area (Å²) in [5, 5.41) is 0. The molecule has 60 valence electrons. The number of rotatable bonds is 2. The molecule has 11 heavy (non-hydrogen) atoms. The minimum absolute atomic E-state index is 0.0175. The molecule has 0 aromatic rings. The predicted molar refractivity (Wildman–Crippen MR) is 45.0 cm³/mol. The standard InChI is InChI=1S/C9H13NO/c1-7(11)6-8-4-2-3-5-9(8)10/h2-5,8-9H,6,10H2,1H3. The lowest BCUT2D eigenvalue weighted by Crippen LogP contribution is -2.29. The largest absolute Gasteiger partial charge is 0.324 e. The third-order valence-electron chi connectivity index (χ3n) is 1.82. The lowest BCUT2D eigenvalue weighted by atomic mass is 9.91. The van der Waals surface area contributed by atoms with E-state index < -0.39 is 0 Å². The van der Waals surface area contributed by atoms with Crippen LogP contribution in [0.3, 0.4) is 0 Å². The number of allylic oxidation sites excluding steroid dienone is 2.